The fraction of sp³-hybridized carbons (Fsp3) is 0.353. The molecule has 0 spiro atoms. The monoisotopic (exact) mass is 321 g/mol. The first-order chi connectivity index (χ1) is 11.8. The number of nitrogens with one attached hydrogen (secondary N) is 1. The molecule has 0 aliphatic carbocycles. The van der Waals surface area contributed by atoms with Gasteiger partial charge in [-0.05, 0) is 30.5 Å². The van der Waals surface area contributed by atoms with Gasteiger partial charge in [0.05, 0.1) is 11.7 Å². The summed E-state index contributed by atoms with van der Waals surface area (Å²) in [4.78, 5) is 11.5. The molecule has 5 rings (SSSR count). The number of hydrogen-bond acceptors (Lipinski definition) is 6. The van der Waals surface area contributed by atoms with Gasteiger partial charge in [-0.3, -0.25) is 0 Å². The Morgan fingerprint density at radius 3 is 3.08 bits per heavy atom. The van der Waals surface area contributed by atoms with E-state index in [4.69, 9.17) is 10.7 Å². The Labute approximate surface area is 139 Å². The van der Waals surface area contributed by atoms with Gasteiger partial charge >= 0.3 is 0 Å². The van der Waals surface area contributed by atoms with E-state index in [1.54, 1.807) is 0 Å². The molecular weight excluding hydrogens is 302 g/mol. The van der Waals surface area contributed by atoms with Gasteiger partial charge in [-0.2, -0.15) is 10.1 Å². The molecule has 7 heteroatoms. The smallest absolute Gasteiger partial charge is 0.227 e. The molecule has 0 saturated carbocycles. The van der Waals surface area contributed by atoms with E-state index in [-0.39, 0.29) is 0 Å². The molecule has 3 N–H and O–H groups in total. The number of benzene rings is 1. The third-order valence-electron chi connectivity index (χ3n) is 4.95. The zero-order valence-corrected chi connectivity index (χ0v) is 13.3. The molecule has 3 aromatic rings. The number of nitrogens with two attached hydrogens (primary N) is 1. The Kier molecular flexibility index (Phi) is 2.96. The van der Waals surface area contributed by atoms with Crippen LogP contribution in [0.25, 0.3) is 16.7 Å². The van der Waals surface area contributed by atoms with E-state index in [0.717, 1.165) is 48.0 Å². The zero-order chi connectivity index (χ0) is 16.1. The highest BCUT2D eigenvalue weighted by atomic mass is 15.3. The second-order valence-corrected chi connectivity index (χ2v) is 6.70. The Morgan fingerprint density at radius 2 is 2.17 bits per heavy atom. The molecular formula is C17H19N7. The van der Waals surface area contributed by atoms with Crippen molar-refractivity contribution < 1.29 is 0 Å². The second-order valence-electron chi connectivity index (χ2n) is 6.70. The van der Waals surface area contributed by atoms with Crippen LogP contribution in [0.1, 0.15) is 6.42 Å². The molecule has 2 aromatic heterocycles. The minimum atomic E-state index is 0.560. The van der Waals surface area contributed by atoms with Gasteiger partial charge in [0.1, 0.15) is 0 Å². The van der Waals surface area contributed by atoms with E-state index in [1.165, 1.54) is 6.42 Å². The van der Waals surface area contributed by atoms with Crippen molar-refractivity contribution in [2.24, 2.45) is 5.92 Å². The van der Waals surface area contributed by atoms with Crippen molar-refractivity contribution in [3.05, 3.63) is 36.7 Å². The van der Waals surface area contributed by atoms with Crippen molar-refractivity contribution in [2.45, 2.75) is 12.5 Å². The Hall–Kier alpha value is -2.67. The fourth-order valence-corrected chi connectivity index (χ4v) is 3.84. The molecule has 1 aromatic carbocycles. The van der Waals surface area contributed by atoms with Crippen molar-refractivity contribution >= 4 is 22.5 Å². The highest BCUT2D eigenvalue weighted by Gasteiger charge is 2.33. The maximum atomic E-state index is 5.85. The summed E-state index contributed by atoms with van der Waals surface area (Å²) in [6, 6.07) is 8.24. The molecule has 7 nitrogen and oxygen atoms in total. The quantitative estimate of drug-likeness (QED) is 0.690. The minimum absolute atomic E-state index is 0.560. The van der Waals surface area contributed by atoms with Gasteiger partial charge in [0, 0.05) is 49.0 Å². The Balaban J connectivity index is 1.52. The largest absolute Gasteiger partial charge is 0.399 e. The predicted octanol–water partition coefficient (Wildman–Crippen LogP) is 1.20. The van der Waals surface area contributed by atoms with Crippen LogP contribution in [0.4, 0.5) is 11.6 Å². The van der Waals surface area contributed by atoms with Crippen LogP contribution in [0.2, 0.25) is 0 Å². The number of anilines is 2. The van der Waals surface area contributed by atoms with E-state index in [0.29, 0.717) is 12.0 Å². The first-order valence-electron chi connectivity index (χ1n) is 8.31. The van der Waals surface area contributed by atoms with E-state index in [2.05, 4.69) is 20.3 Å². The summed E-state index contributed by atoms with van der Waals surface area (Å²) in [5.41, 5.74) is 7.58. The van der Waals surface area contributed by atoms with Gasteiger partial charge in [0.25, 0.3) is 0 Å². The first-order valence-corrected chi connectivity index (χ1v) is 8.31. The first kappa shape index (κ1) is 13.7. The van der Waals surface area contributed by atoms with E-state index in [1.807, 2.05) is 41.3 Å². The van der Waals surface area contributed by atoms with Crippen LogP contribution >= 0.6 is 0 Å². The van der Waals surface area contributed by atoms with Crippen molar-refractivity contribution in [2.75, 3.05) is 30.3 Å². The van der Waals surface area contributed by atoms with Gasteiger partial charge < -0.3 is 16.0 Å². The van der Waals surface area contributed by atoms with Crippen molar-refractivity contribution in [1.29, 1.82) is 0 Å². The van der Waals surface area contributed by atoms with Gasteiger partial charge in [-0.15, -0.1) is 0 Å². The SMILES string of the molecule is Nc1ccc2c(cnn2-c2ccnc(N3CC4CNC(C4)C3)n2)c1. The van der Waals surface area contributed by atoms with Gasteiger partial charge in [0.15, 0.2) is 5.82 Å². The lowest BCUT2D eigenvalue weighted by atomic mass is 10.0. The number of rotatable bonds is 2. The standard InChI is InChI=1S/C17H19N7/c18-13-1-2-15-12(6-13)8-21-24(15)16-3-4-19-17(22-16)23-9-11-5-14(10-23)20-7-11/h1-4,6,8,11,14,20H,5,7,9-10,18H2. The number of fused-ring (bicyclic) bond motifs is 3. The molecule has 0 amide bonds. The summed E-state index contributed by atoms with van der Waals surface area (Å²) >= 11 is 0. The summed E-state index contributed by atoms with van der Waals surface area (Å²) < 4.78 is 1.84. The number of aromatic nitrogens is 4. The maximum absolute atomic E-state index is 5.85. The molecule has 4 heterocycles. The molecule has 24 heavy (non-hydrogen) atoms. The van der Waals surface area contributed by atoms with Crippen molar-refractivity contribution in [3.63, 3.8) is 0 Å². The number of nitrogen functional groups attached to an aromatic ring is 1. The number of piperidine rings is 1. The van der Waals surface area contributed by atoms with Gasteiger partial charge in [-0.1, -0.05) is 0 Å². The van der Waals surface area contributed by atoms with Crippen molar-refractivity contribution in [1.82, 2.24) is 25.1 Å². The lowest BCUT2D eigenvalue weighted by Crippen LogP contribution is -2.42. The van der Waals surface area contributed by atoms with Crippen LogP contribution in [0.3, 0.4) is 0 Å². The normalized spacial score (nSPS) is 23.1. The number of hydrogen-bond donors (Lipinski definition) is 2. The topological polar surface area (TPSA) is 84.9 Å². The van der Waals surface area contributed by atoms with Crippen LogP contribution in [0.5, 0.6) is 0 Å². The lowest BCUT2D eigenvalue weighted by Gasteiger charge is -2.31. The molecule has 2 unspecified atom stereocenters. The predicted molar refractivity (Wildman–Crippen MR) is 93.2 cm³/mol. The lowest BCUT2D eigenvalue weighted by molar-refractivity contribution is 0.469. The summed E-state index contributed by atoms with van der Waals surface area (Å²) in [5.74, 6) is 2.26. The molecule has 2 saturated heterocycles. The van der Waals surface area contributed by atoms with Crippen LogP contribution in [-0.2, 0) is 0 Å². The molecule has 0 radical (unpaired) electrons. The van der Waals surface area contributed by atoms with E-state index >= 15 is 0 Å². The summed E-state index contributed by atoms with van der Waals surface area (Å²) in [6.07, 6.45) is 4.90. The third kappa shape index (κ3) is 2.20. The summed E-state index contributed by atoms with van der Waals surface area (Å²) in [6.45, 7) is 3.09. The summed E-state index contributed by atoms with van der Waals surface area (Å²) in [7, 11) is 0. The highest BCUT2D eigenvalue weighted by molar-refractivity contribution is 5.83. The molecule has 2 fully saturated rings. The zero-order valence-electron chi connectivity index (χ0n) is 13.3. The maximum Gasteiger partial charge on any atom is 0.227 e. The second kappa shape index (κ2) is 5.17. The average Bonchev–Trinajstić information content (AvgIpc) is 3.17. The molecule has 2 aliphatic heterocycles. The highest BCUT2D eigenvalue weighted by Crippen LogP contribution is 2.26. The minimum Gasteiger partial charge on any atom is -0.399 e. The molecule has 122 valence electrons. The molecule has 2 bridgehead atoms. The summed E-state index contributed by atoms with van der Waals surface area (Å²) in [5, 5.41) is 9.05. The van der Waals surface area contributed by atoms with E-state index in [9.17, 15) is 0 Å². The third-order valence-corrected chi connectivity index (χ3v) is 4.95. The Bertz CT molecular complexity index is 891. The van der Waals surface area contributed by atoms with Crippen LogP contribution in [0.15, 0.2) is 36.7 Å². The van der Waals surface area contributed by atoms with E-state index < -0.39 is 0 Å². The molecule has 2 aliphatic rings. The molecule has 2 atom stereocenters. The van der Waals surface area contributed by atoms with Crippen LogP contribution in [0, 0.1) is 5.92 Å². The van der Waals surface area contributed by atoms with Crippen molar-refractivity contribution in [3.8, 4) is 5.82 Å². The van der Waals surface area contributed by atoms with Gasteiger partial charge in [0.2, 0.25) is 5.95 Å². The number of nitrogens with zero attached hydrogens (tertiary/aromatic N) is 5. The van der Waals surface area contributed by atoms with Gasteiger partial charge in [-0.25, -0.2) is 9.67 Å². The van der Waals surface area contributed by atoms with Crippen LogP contribution in [-0.4, -0.2) is 45.4 Å². The van der Waals surface area contributed by atoms with Crippen LogP contribution < -0.4 is 16.0 Å². The fourth-order valence-electron chi connectivity index (χ4n) is 3.84. The Morgan fingerprint density at radius 1 is 1.21 bits per heavy atom. The average molecular weight is 321 g/mol.